The number of ether oxygens (including phenoxy) is 1. The van der Waals surface area contributed by atoms with Crippen molar-refractivity contribution in [3.8, 4) is 0 Å². The number of hydrogen-bond donors (Lipinski definition) is 1. The fraction of sp³-hybridized carbons (Fsp3) is 0.474. The van der Waals surface area contributed by atoms with Crippen LogP contribution in [0.4, 0.5) is 4.79 Å². The molecule has 1 N–H and O–H groups in total. The summed E-state index contributed by atoms with van der Waals surface area (Å²) in [6, 6.07) is 9.58. The first-order valence-corrected chi connectivity index (χ1v) is 8.33. The van der Waals surface area contributed by atoms with Crippen molar-refractivity contribution in [1.29, 1.82) is 0 Å². The smallest absolute Gasteiger partial charge is 0.410 e. The van der Waals surface area contributed by atoms with Gasteiger partial charge in [-0.1, -0.05) is 42.0 Å². The van der Waals surface area contributed by atoms with E-state index >= 15 is 0 Å². The van der Waals surface area contributed by atoms with Crippen molar-refractivity contribution in [1.82, 2.24) is 4.90 Å². The second kappa shape index (κ2) is 6.30. The van der Waals surface area contributed by atoms with Crippen LogP contribution < -0.4 is 0 Å². The predicted octanol–water partition coefficient (Wildman–Crippen LogP) is 3.60. The molecule has 1 aromatic rings. The highest BCUT2D eigenvalue weighted by Gasteiger charge is 2.45. The molecule has 3 rings (SSSR count). The van der Waals surface area contributed by atoms with Crippen LogP contribution in [0.3, 0.4) is 0 Å². The van der Waals surface area contributed by atoms with Crippen LogP contribution in [-0.4, -0.2) is 34.2 Å². The highest BCUT2D eigenvalue weighted by atomic mass is 16.6. The van der Waals surface area contributed by atoms with Crippen LogP contribution in [0.15, 0.2) is 42.0 Å². The maximum Gasteiger partial charge on any atom is 0.410 e. The lowest BCUT2D eigenvalue weighted by atomic mass is 9.79. The van der Waals surface area contributed by atoms with Crippen molar-refractivity contribution >= 4 is 12.1 Å². The van der Waals surface area contributed by atoms with E-state index in [1.807, 2.05) is 36.4 Å². The topological polar surface area (TPSA) is 66.8 Å². The SMILES string of the molecule is CC(C)(C(=O)O)C1=CC2CCC(C1)N2C(=O)OCc1ccccc1. The Morgan fingerprint density at radius 3 is 2.58 bits per heavy atom. The third-order valence-electron chi connectivity index (χ3n) is 5.15. The summed E-state index contributed by atoms with van der Waals surface area (Å²) < 4.78 is 5.46. The van der Waals surface area contributed by atoms with E-state index in [4.69, 9.17) is 4.74 Å². The van der Waals surface area contributed by atoms with Crippen LogP contribution in [0.2, 0.25) is 0 Å². The molecular formula is C19H23NO4. The minimum Gasteiger partial charge on any atom is -0.481 e. The zero-order valence-electron chi connectivity index (χ0n) is 14.1. The second-order valence-corrected chi connectivity index (χ2v) is 7.07. The van der Waals surface area contributed by atoms with Crippen LogP contribution in [0.5, 0.6) is 0 Å². The van der Waals surface area contributed by atoms with Gasteiger partial charge in [-0.05, 0) is 38.7 Å². The van der Waals surface area contributed by atoms with Crippen molar-refractivity contribution in [3.63, 3.8) is 0 Å². The molecule has 0 aliphatic carbocycles. The molecular weight excluding hydrogens is 306 g/mol. The van der Waals surface area contributed by atoms with Crippen LogP contribution in [0.25, 0.3) is 0 Å². The number of carbonyl (C=O) groups is 2. The summed E-state index contributed by atoms with van der Waals surface area (Å²) in [7, 11) is 0. The summed E-state index contributed by atoms with van der Waals surface area (Å²) in [5, 5.41) is 9.43. The van der Waals surface area contributed by atoms with Crippen LogP contribution in [-0.2, 0) is 16.1 Å². The molecule has 5 nitrogen and oxygen atoms in total. The van der Waals surface area contributed by atoms with E-state index in [1.54, 1.807) is 18.7 Å². The van der Waals surface area contributed by atoms with Gasteiger partial charge in [-0.15, -0.1) is 0 Å². The minimum atomic E-state index is -0.888. The first kappa shape index (κ1) is 16.6. The number of rotatable bonds is 4. The van der Waals surface area contributed by atoms with E-state index in [0.29, 0.717) is 6.42 Å². The number of aliphatic carboxylic acids is 1. The Bertz CT molecular complexity index is 665. The molecule has 0 saturated carbocycles. The number of carbonyl (C=O) groups excluding carboxylic acids is 1. The normalized spacial score (nSPS) is 22.9. The van der Waals surface area contributed by atoms with Crippen molar-refractivity contribution in [2.45, 2.75) is 51.8 Å². The first-order chi connectivity index (χ1) is 11.4. The fourth-order valence-corrected chi connectivity index (χ4v) is 3.51. The summed E-state index contributed by atoms with van der Waals surface area (Å²) in [6.45, 7) is 3.71. The standard InChI is InChI=1S/C19H23NO4/c1-19(2,17(21)22)14-10-15-8-9-16(11-14)20(15)18(23)24-12-13-6-4-3-5-7-13/h3-7,10,15-16H,8-9,11-12H2,1-2H3,(H,21,22). The minimum absolute atomic E-state index is 0.0388. The average Bonchev–Trinajstić information content (AvgIpc) is 2.83. The quantitative estimate of drug-likeness (QED) is 0.857. The number of fused-ring (bicyclic) bond motifs is 2. The second-order valence-electron chi connectivity index (χ2n) is 7.07. The van der Waals surface area contributed by atoms with Gasteiger partial charge < -0.3 is 9.84 Å². The number of nitrogens with zero attached hydrogens (tertiary/aromatic N) is 1. The Labute approximate surface area is 141 Å². The summed E-state index contributed by atoms with van der Waals surface area (Å²) in [4.78, 5) is 25.7. The Kier molecular flexibility index (Phi) is 4.35. The van der Waals surface area contributed by atoms with Gasteiger partial charge in [0.15, 0.2) is 0 Å². The number of amides is 1. The molecule has 2 aliphatic heterocycles. The van der Waals surface area contributed by atoms with E-state index in [2.05, 4.69) is 0 Å². The van der Waals surface area contributed by atoms with Crippen molar-refractivity contribution in [2.24, 2.45) is 5.41 Å². The molecule has 1 amide bonds. The molecule has 2 atom stereocenters. The van der Waals surface area contributed by atoms with E-state index in [9.17, 15) is 14.7 Å². The summed E-state index contributed by atoms with van der Waals surface area (Å²) in [5.74, 6) is -0.826. The van der Waals surface area contributed by atoms with Gasteiger partial charge in [0, 0.05) is 6.04 Å². The summed E-state index contributed by atoms with van der Waals surface area (Å²) in [6.07, 6.45) is 4.01. The molecule has 5 heteroatoms. The lowest BCUT2D eigenvalue weighted by molar-refractivity contribution is -0.145. The Morgan fingerprint density at radius 2 is 1.96 bits per heavy atom. The molecule has 0 radical (unpaired) electrons. The third kappa shape index (κ3) is 3.03. The maximum atomic E-state index is 12.5. The average molecular weight is 329 g/mol. The fourth-order valence-electron chi connectivity index (χ4n) is 3.51. The number of benzene rings is 1. The molecule has 1 saturated heterocycles. The number of hydrogen-bond acceptors (Lipinski definition) is 3. The van der Waals surface area contributed by atoms with Crippen LogP contribution in [0.1, 0.15) is 38.7 Å². The van der Waals surface area contributed by atoms with E-state index in [-0.39, 0.29) is 24.8 Å². The van der Waals surface area contributed by atoms with E-state index in [0.717, 1.165) is 24.0 Å². The highest BCUT2D eigenvalue weighted by Crippen LogP contribution is 2.41. The van der Waals surface area contributed by atoms with E-state index < -0.39 is 11.4 Å². The largest absolute Gasteiger partial charge is 0.481 e. The molecule has 0 aromatic heterocycles. The van der Waals surface area contributed by atoms with Gasteiger partial charge in [-0.2, -0.15) is 0 Å². The molecule has 24 heavy (non-hydrogen) atoms. The molecule has 2 bridgehead atoms. The summed E-state index contributed by atoms with van der Waals surface area (Å²) >= 11 is 0. The van der Waals surface area contributed by atoms with Gasteiger partial charge in [0.2, 0.25) is 0 Å². The first-order valence-electron chi connectivity index (χ1n) is 8.33. The Hall–Kier alpha value is -2.30. The summed E-state index contributed by atoms with van der Waals surface area (Å²) in [5.41, 5.74) is 0.981. The van der Waals surface area contributed by atoms with Gasteiger partial charge in [0.05, 0.1) is 11.5 Å². The van der Waals surface area contributed by atoms with Gasteiger partial charge >= 0.3 is 12.1 Å². The highest BCUT2D eigenvalue weighted by molar-refractivity contribution is 5.78. The van der Waals surface area contributed by atoms with Crippen molar-refractivity contribution in [2.75, 3.05) is 0 Å². The zero-order valence-corrected chi connectivity index (χ0v) is 14.1. The van der Waals surface area contributed by atoms with Crippen molar-refractivity contribution in [3.05, 3.63) is 47.5 Å². The number of carboxylic acids is 1. The van der Waals surface area contributed by atoms with Gasteiger partial charge in [-0.3, -0.25) is 9.69 Å². The number of carboxylic acid groups (broad SMARTS) is 1. The molecule has 2 heterocycles. The third-order valence-corrected chi connectivity index (χ3v) is 5.15. The molecule has 1 fully saturated rings. The van der Waals surface area contributed by atoms with E-state index in [1.165, 1.54) is 0 Å². The van der Waals surface area contributed by atoms with Crippen molar-refractivity contribution < 1.29 is 19.4 Å². The maximum absolute atomic E-state index is 12.5. The molecule has 2 unspecified atom stereocenters. The van der Waals surface area contributed by atoms with Gasteiger partial charge in [0.25, 0.3) is 0 Å². The van der Waals surface area contributed by atoms with Crippen LogP contribution >= 0.6 is 0 Å². The zero-order chi connectivity index (χ0) is 17.3. The van der Waals surface area contributed by atoms with Gasteiger partial charge in [0.1, 0.15) is 6.61 Å². The van der Waals surface area contributed by atoms with Gasteiger partial charge in [-0.25, -0.2) is 4.79 Å². The monoisotopic (exact) mass is 329 g/mol. The molecule has 2 aliphatic rings. The van der Waals surface area contributed by atoms with Crippen LogP contribution in [0, 0.1) is 5.41 Å². The lowest BCUT2D eigenvalue weighted by Crippen LogP contribution is -2.45. The molecule has 128 valence electrons. The molecule has 1 aromatic carbocycles. The molecule has 0 spiro atoms. The Morgan fingerprint density at radius 1 is 1.25 bits per heavy atom. The lowest BCUT2D eigenvalue weighted by Gasteiger charge is -2.36. The predicted molar refractivity (Wildman–Crippen MR) is 89.4 cm³/mol. The Balaban J connectivity index is 1.69.